The van der Waals surface area contributed by atoms with Crippen molar-refractivity contribution in [2.45, 2.75) is 37.8 Å². The zero-order valence-corrected chi connectivity index (χ0v) is 22.5. The van der Waals surface area contributed by atoms with Gasteiger partial charge in [0.25, 0.3) is 5.91 Å². The minimum atomic E-state index is -1.29. The van der Waals surface area contributed by atoms with E-state index in [4.69, 9.17) is 0 Å². The molecule has 7 rings (SSSR count). The lowest BCUT2D eigenvalue weighted by molar-refractivity contribution is 0.0572. The SMILES string of the molecule is C[C@@H]1c2ccccc2C(F)CN1C(=O)c1cc(N2CCC2)n2nc(-c3ccc(N4C[C@@H](O)[C@H](O)C4)cc3F)cc2n1. The maximum atomic E-state index is 15.4. The third kappa shape index (κ3) is 4.31. The van der Waals surface area contributed by atoms with Crippen molar-refractivity contribution >= 4 is 23.1 Å². The fourth-order valence-corrected chi connectivity index (χ4v) is 6.04. The van der Waals surface area contributed by atoms with E-state index in [9.17, 15) is 15.0 Å². The average molecular weight is 561 g/mol. The molecule has 0 aliphatic carbocycles. The van der Waals surface area contributed by atoms with E-state index in [0.717, 1.165) is 25.1 Å². The van der Waals surface area contributed by atoms with Gasteiger partial charge in [0.05, 0.1) is 30.5 Å². The summed E-state index contributed by atoms with van der Waals surface area (Å²) in [6.45, 7) is 3.86. The van der Waals surface area contributed by atoms with E-state index in [2.05, 4.69) is 15.0 Å². The molecule has 2 aromatic carbocycles. The Morgan fingerprint density at radius 3 is 2.37 bits per heavy atom. The van der Waals surface area contributed by atoms with Crippen molar-refractivity contribution in [1.29, 1.82) is 0 Å². The van der Waals surface area contributed by atoms with Crippen LogP contribution in [0.2, 0.25) is 0 Å². The molecule has 3 aliphatic heterocycles. The monoisotopic (exact) mass is 560 g/mol. The number of nitrogens with zero attached hydrogens (tertiary/aromatic N) is 6. The van der Waals surface area contributed by atoms with Gasteiger partial charge < -0.3 is 24.9 Å². The van der Waals surface area contributed by atoms with Crippen molar-refractivity contribution in [3.63, 3.8) is 0 Å². The first-order valence-electron chi connectivity index (χ1n) is 13.9. The van der Waals surface area contributed by atoms with Crippen LogP contribution in [0.15, 0.2) is 54.6 Å². The molecule has 2 aromatic heterocycles. The molecule has 1 amide bonds. The summed E-state index contributed by atoms with van der Waals surface area (Å²) < 4.78 is 32.1. The third-order valence-corrected chi connectivity index (χ3v) is 8.53. The molecular weight excluding hydrogens is 530 g/mol. The molecule has 4 aromatic rings. The largest absolute Gasteiger partial charge is 0.389 e. The minimum absolute atomic E-state index is 0.0595. The molecule has 2 saturated heterocycles. The van der Waals surface area contributed by atoms with Crippen LogP contribution < -0.4 is 9.80 Å². The molecule has 0 radical (unpaired) electrons. The highest BCUT2D eigenvalue weighted by Crippen LogP contribution is 2.38. The quantitative estimate of drug-likeness (QED) is 0.394. The van der Waals surface area contributed by atoms with E-state index in [1.165, 1.54) is 11.0 Å². The average Bonchev–Trinajstić information content (AvgIpc) is 3.52. The second-order valence-corrected chi connectivity index (χ2v) is 11.1. The van der Waals surface area contributed by atoms with Crippen LogP contribution in [0.4, 0.5) is 20.3 Å². The molecule has 0 saturated carbocycles. The maximum absolute atomic E-state index is 15.4. The van der Waals surface area contributed by atoms with Crippen LogP contribution >= 0.6 is 0 Å². The maximum Gasteiger partial charge on any atom is 0.273 e. The van der Waals surface area contributed by atoms with Crippen LogP contribution in [-0.2, 0) is 0 Å². The first-order valence-corrected chi connectivity index (χ1v) is 13.9. The van der Waals surface area contributed by atoms with Gasteiger partial charge in [0.2, 0.25) is 0 Å². The van der Waals surface area contributed by atoms with Crippen LogP contribution in [0, 0.1) is 5.82 Å². The molecule has 3 aliphatic rings. The van der Waals surface area contributed by atoms with E-state index in [1.807, 2.05) is 19.1 Å². The van der Waals surface area contributed by atoms with Crippen LogP contribution in [0.5, 0.6) is 0 Å². The number of carbonyl (C=O) groups is 1. The Bertz CT molecular complexity index is 1650. The van der Waals surface area contributed by atoms with Gasteiger partial charge in [-0.1, -0.05) is 24.3 Å². The highest BCUT2D eigenvalue weighted by Gasteiger charge is 2.35. The molecule has 212 valence electrons. The zero-order chi connectivity index (χ0) is 28.4. The van der Waals surface area contributed by atoms with Crippen molar-refractivity contribution < 1.29 is 23.8 Å². The first-order chi connectivity index (χ1) is 19.8. The Balaban J connectivity index is 1.24. The van der Waals surface area contributed by atoms with Crippen molar-refractivity contribution in [3.05, 3.63) is 77.2 Å². The molecule has 41 heavy (non-hydrogen) atoms. The molecule has 0 bridgehead atoms. The smallest absolute Gasteiger partial charge is 0.273 e. The number of carbonyl (C=O) groups excluding carboxylic acids is 1. The summed E-state index contributed by atoms with van der Waals surface area (Å²) in [4.78, 5) is 23.7. The van der Waals surface area contributed by atoms with Crippen molar-refractivity contribution in [3.8, 4) is 11.3 Å². The normalized spacial score (nSPS) is 24.1. The molecule has 4 atom stereocenters. The number of rotatable bonds is 4. The number of amides is 1. The van der Waals surface area contributed by atoms with Gasteiger partial charge in [-0.25, -0.2) is 13.8 Å². The number of fused-ring (bicyclic) bond motifs is 2. The number of hydrogen-bond acceptors (Lipinski definition) is 7. The molecule has 11 heteroatoms. The van der Waals surface area contributed by atoms with Gasteiger partial charge >= 0.3 is 0 Å². The Kier molecular flexibility index (Phi) is 6.16. The van der Waals surface area contributed by atoms with Gasteiger partial charge in [0.1, 0.15) is 23.5 Å². The van der Waals surface area contributed by atoms with Gasteiger partial charge in [-0.3, -0.25) is 4.79 Å². The Labute approximate surface area is 235 Å². The topological polar surface area (TPSA) is 97.4 Å². The van der Waals surface area contributed by atoms with Crippen LogP contribution in [-0.4, -0.2) is 80.5 Å². The molecule has 1 unspecified atom stereocenters. The van der Waals surface area contributed by atoms with E-state index in [1.54, 1.807) is 45.8 Å². The van der Waals surface area contributed by atoms with Crippen LogP contribution in [0.1, 0.15) is 47.2 Å². The Morgan fingerprint density at radius 1 is 0.951 bits per heavy atom. The molecule has 2 fully saturated rings. The summed E-state index contributed by atoms with van der Waals surface area (Å²) in [5.74, 6) is -0.194. The summed E-state index contributed by atoms with van der Waals surface area (Å²) >= 11 is 0. The lowest BCUT2D eigenvalue weighted by atomic mass is 9.92. The van der Waals surface area contributed by atoms with Gasteiger partial charge in [-0.05, 0) is 42.7 Å². The van der Waals surface area contributed by atoms with Gasteiger partial charge in [-0.2, -0.15) is 9.61 Å². The fourth-order valence-electron chi connectivity index (χ4n) is 6.04. The summed E-state index contributed by atoms with van der Waals surface area (Å²) in [7, 11) is 0. The highest BCUT2D eigenvalue weighted by atomic mass is 19.1. The molecular formula is C30H30F2N6O3. The lowest BCUT2D eigenvalue weighted by Crippen LogP contribution is -2.41. The number of β-amino-alcohol motifs (C(OH)–C–C–N with tert-alkyl or cyclic N) is 2. The lowest BCUT2D eigenvalue weighted by Gasteiger charge is -2.37. The second kappa shape index (κ2) is 9.78. The van der Waals surface area contributed by atoms with E-state index < -0.39 is 24.2 Å². The highest BCUT2D eigenvalue weighted by molar-refractivity contribution is 5.94. The van der Waals surface area contributed by atoms with Crippen molar-refractivity contribution in [2.24, 2.45) is 0 Å². The molecule has 0 spiro atoms. The third-order valence-electron chi connectivity index (χ3n) is 8.53. The summed E-state index contributed by atoms with van der Waals surface area (Å²) in [6, 6.07) is 15.0. The van der Waals surface area contributed by atoms with E-state index in [-0.39, 0.29) is 42.8 Å². The standard InChI is InChI=1S/C30H30F2N6O3/c1-17-19-5-2-3-6-20(19)23(32)14-37(17)30(41)25-13-29(35-9-4-10-35)38-28(33-25)12-24(34-38)21-8-7-18(11-22(21)31)36-15-26(39)27(40)16-36/h2-3,5-8,11-13,17,23,26-27,39-40H,4,9-10,14-16H2,1H3/t17-,23?,26-,27-/m1/s1. The Morgan fingerprint density at radius 2 is 1.68 bits per heavy atom. The number of benzene rings is 2. The van der Waals surface area contributed by atoms with Crippen molar-refractivity contribution in [2.75, 3.05) is 42.5 Å². The van der Waals surface area contributed by atoms with Gasteiger partial charge in [-0.15, -0.1) is 0 Å². The number of aliphatic hydroxyl groups is 2. The molecule has 5 heterocycles. The Hall–Kier alpha value is -4.09. The van der Waals surface area contributed by atoms with Gasteiger partial charge in [0, 0.05) is 49.6 Å². The summed E-state index contributed by atoms with van der Waals surface area (Å²) in [5.41, 5.74) is 3.16. The number of hydrogen-bond donors (Lipinski definition) is 2. The predicted octanol–water partition coefficient (Wildman–Crippen LogP) is 3.51. The minimum Gasteiger partial charge on any atom is -0.389 e. The number of aliphatic hydroxyl groups excluding tert-OH is 2. The summed E-state index contributed by atoms with van der Waals surface area (Å²) in [5, 5.41) is 24.4. The second-order valence-electron chi connectivity index (χ2n) is 11.1. The fraction of sp³-hybridized carbons (Fsp3) is 0.367. The van der Waals surface area contributed by atoms with Crippen LogP contribution in [0.3, 0.4) is 0 Å². The number of halogens is 2. The van der Waals surface area contributed by atoms with Crippen LogP contribution in [0.25, 0.3) is 16.9 Å². The van der Waals surface area contributed by atoms with E-state index >= 15 is 8.78 Å². The predicted molar refractivity (Wildman–Crippen MR) is 149 cm³/mol. The first kappa shape index (κ1) is 25.8. The zero-order valence-electron chi connectivity index (χ0n) is 22.5. The number of anilines is 2. The van der Waals surface area contributed by atoms with Gasteiger partial charge in [0.15, 0.2) is 5.65 Å². The number of aromatic nitrogens is 3. The van der Waals surface area contributed by atoms with Crippen molar-refractivity contribution in [1.82, 2.24) is 19.5 Å². The summed E-state index contributed by atoms with van der Waals surface area (Å²) in [6.07, 6.45) is -2.04. The van der Waals surface area contributed by atoms with E-state index in [0.29, 0.717) is 28.4 Å². The molecule has 9 nitrogen and oxygen atoms in total. The number of alkyl halides is 1. The molecule has 2 N–H and O–H groups in total.